The van der Waals surface area contributed by atoms with Crippen LogP contribution in [0.15, 0.2) is 24.3 Å². The van der Waals surface area contributed by atoms with Crippen LogP contribution < -0.4 is 4.74 Å². The van der Waals surface area contributed by atoms with Crippen LogP contribution in [0.25, 0.3) is 0 Å². The molecule has 1 aromatic carbocycles. The van der Waals surface area contributed by atoms with Gasteiger partial charge in [0.15, 0.2) is 0 Å². The molecule has 0 amide bonds. The number of rotatable bonds is 6. The van der Waals surface area contributed by atoms with Gasteiger partial charge >= 0.3 is 0 Å². The quantitative estimate of drug-likeness (QED) is 0.780. The number of methoxy groups -OCH3 is 1. The van der Waals surface area contributed by atoms with Gasteiger partial charge in [0.1, 0.15) is 5.75 Å². The van der Waals surface area contributed by atoms with Crippen molar-refractivity contribution in [1.29, 1.82) is 0 Å². The van der Waals surface area contributed by atoms with Gasteiger partial charge in [-0.3, -0.25) is 0 Å². The first-order chi connectivity index (χ1) is 7.27. The van der Waals surface area contributed by atoms with E-state index in [1.165, 1.54) is 0 Å². The van der Waals surface area contributed by atoms with Crippen LogP contribution in [0.2, 0.25) is 0 Å². The molecule has 3 nitrogen and oxygen atoms in total. The molecule has 0 heterocycles. The van der Waals surface area contributed by atoms with Gasteiger partial charge in [-0.1, -0.05) is 18.2 Å². The molecular weight excluding hydrogens is 192 g/mol. The normalized spacial score (nSPS) is 12.5. The predicted molar refractivity (Wildman–Crippen MR) is 58.9 cm³/mol. The van der Waals surface area contributed by atoms with Crippen LogP contribution in [0, 0.1) is 0 Å². The summed E-state index contributed by atoms with van der Waals surface area (Å²) in [6.07, 6.45) is 0.939. The average molecular weight is 210 g/mol. The van der Waals surface area contributed by atoms with E-state index in [1.807, 2.05) is 31.2 Å². The molecule has 1 atom stereocenters. The van der Waals surface area contributed by atoms with Crippen molar-refractivity contribution in [3.8, 4) is 5.75 Å². The molecular formula is C12H18O3. The molecule has 1 aromatic rings. The largest absolute Gasteiger partial charge is 0.490 e. The predicted octanol–water partition coefficient (Wildman–Crippen LogP) is 1.98. The van der Waals surface area contributed by atoms with Gasteiger partial charge in [-0.15, -0.1) is 0 Å². The maximum atomic E-state index is 9.10. The highest BCUT2D eigenvalue weighted by atomic mass is 16.5. The summed E-state index contributed by atoms with van der Waals surface area (Å²) in [5.41, 5.74) is 0.821. The second kappa shape index (κ2) is 6.43. The Balaban J connectivity index is 2.55. The Morgan fingerprint density at radius 1 is 1.33 bits per heavy atom. The van der Waals surface area contributed by atoms with Gasteiger partial charge in [-0.05, 0) is 13.0 Å². The first-order valence-corrected chi connectivity index (χ1v) is 5.12. The topological polar surface area (TPSA) is 38.7 Å². The van der Waals surface area contributed by atoms with Crippen molar-refractivity contribution < 1.29 is 14.6 Å². The maximum absolute atomic E-state index is 9.10. The highest BCUT2D eigenvalue weighted by molar-refractivity contribution is 5.32. The summed E-state index contributed by atoms with van der Waals surface area (Å²) < 4.78 is 10.7. The third kappa shape index (κ3) is 3.90. The van der Waals surface area contributed by atoms with E-state index in [2.05, 4.69) is 0 Å². The molecule has 0 radical (unpaired) electrons. The van der Waals surface area contributed by atoms with Crippen molar-refractivity contribution >= 4 is 0 Å². The summed E-state index contributed by atoms with van der Waals surface area (Å²) in [5, 5.41) is 9.10. The molecule has 84 valence electrons. The molecule has 1 unspecified atom stereocenters. The molecule has 0 spiro atoms. The number of para-hydroxylation sites is 1. The van der Waals surface area contributed by atoms with Crippen molar-refractivity contribution in [3.05, 3.63) is 29.8 Å². The number of ether oxygens (including phenoxy) is 2. The Hall–Kier alpha value is -1.06. The average Bonchev–Trinajstić information content (AvgIpc) is 2.27. The molecule has 0 saturated heterocycles. The van der Waals surface area contributed by atoms with Crippen LogP contribution in [-0.4, -0.2) is 24.9 Å². The SMILES string of the molecule is COCCC(C)Oc1ccccc1CO. The minimum absolute atomic E-state index is 0.00711. The van der Waals surface area contributed by atoms with Gasteiger partial charge < -0.3 is 14.6 Å². The molecule has 0 aliphatic carbocycles. The van der Waals surface area contributed by atoms with E-state index in [-0.39, 0.29) is 12.7 Å². The summed E-state index contributed by atoms with van der Waals surface area (Å²) in [7, 11) is 1.67. The number of benzene rings is 1. The van der Waals surface area contributed by atoms with E-state index >= 15 is 0 Å². The second-order valence-electron chi connectivity index (χ2n) is 3.48. The Morgan fingerprint density at radius 2 is 2.07 bits per heavy atom. The summed E-state index contributed by atoms with van der Waals surface area (Å²) in [5.74, 6) is 0.753. The molecule has 0 aliphatic heterocycles. The first-order valence-electron chi connectivity index (χ1n) is 5.12. The molecule has 0 aromatic heterocycles. The van der Waals surface area contributed by atoms with Gasteiger partial charge in [-0.2, -0.15) is 0 Å². The molecule has 1 N–H and O–H groups in total. The molecule has 0 saturated carbocycles. The van der Waals surface area contributed by atoms with Crippen molar-refractivity contribution in [2.24, 2.45) is 0 Å². The zero-order valence-corrected chi connectivity index (χ0v) is 9.27. The minimum Gasteiger partial charge on any atom is -0.490 e. The fraction of sp³-hybridized carbons (Fsp3) is 0.500. The van der Waals surface area contributed by atoms with Crippen molar-refractivity contribution in [1.82, 2.24) is 0 Å². The molecule has 3 heteroatoms. The van der Waals surface area contributed by atoms with Crippen molar-refractivity contribution in [2.75, 3.05) is 13.7 Å². The monoisotopic (exact) mass is 210 g/mol. The lowest BCUT2D eigenvalue weighted by molar-refractivity contribution is 0.133. The Kier molecular flexibility index (Phi) is 5.15. The third-order valence-corrected chi connectivity index (χ3v) is 2.20. The lowest BCUT2D eigenvalue weighted by Crippen LogP contribution is -2.15. The summed E-state index contributed by atoms with van der Waals surface area (Å²) in [6.45, 7) is 2.68. The van der Waals surface area contributed by atoms with Gasteiger partial charge in [0, 0.05) is 25.7 Å². The summed E-state index contributed by atoms with van der Waals surface area (Å²) in [6, 6.07) is 7.52. The Bertz CT molecular complexity index is 286. The highest BCUT2D eigenvalue weighted by Gasteiger charge is 2.06. The standard InChI is InChI=1S/C12H18O3/c1-10(7-8-14-2)15-12-6-4-3-5-11(12)9-13/h3-6,10,13H,7-9H2,1-2H3. The van der Waals surface area contributed by atoms with Crippen LogP contribution in [0.4, 0.5) is 0 Å². The lowest BCUT2D eigenvalue weighted by atomic mass is 10.2. The van der Waals surface area contributed by atoms with E-state index in [0.29, 0.717) is 6.61 Å². The van der Waals surface area contributed by atoms with Gasteiger partial charge in [-0.25, -0.2) is 0 Å². The molecule has 0 aliphatic rings. The summed E-state index contributed by atoms with van der Waals surface area (Å²) >= 11 is 0. The van der Waals surface area contributed by atoms with Gasteiger partial charge in [0.25, 0.3) is 0 Å². The zero-order chi connectivity index (χ0) is 11.1. The van der Waals surface area contributed by atoms with Crippen LogP contribution in [0.3, 0.4) is 0 Å². The second-order valence-corrected chi connectivity index (χ2v) is 3.48. The number of hydrogen-bond donors (Lipinski definition) is 1. The number of aliphatic hydroxyl groups is 1. The highest BCUT2D eigenvalue weighted by Crippen LogP contribution is 2.19. The van der Waals surface area contributed by atoms with E-state index in [4.69, 9.17) is 14.6 Å². The first kappa shape index (κ1) is 12.0. The van der Waals surface area contributed by atoms with Crippen molar-refractivity contribution in [2.45, 2.75) is 26.1 Å². The van der Waals surface area contributed by atoms with Crippen LogP contribution >= 0.6 is 0 Å². The van der Waals surface area contributed by atoms with E-state index in [1.54, 1.807) is 7.11 Å². The fourth-order valence-corrected chi connectivity index (χ4v) is 1.31. The molecule has 0 fully saturated rings. The molecule has 15 heavy (non-hydrogen) atoms. The van der Waals surface area contributed by atoms with Crippen LogP contribution in [-0.2, 0) is 11.3 Å². The van der Waals surface area contributed by atoms with E-state index in [9.17, 15) is 0 Å². The smallest absolute Gasteiger partial charge is 0.125 e. The van der Waals surface area contributed by atoms with Crippen molar-refractivity contribution in [3.63, 3.8) is 0 Å². The minimum atomic E-state index is 0.00711. The summed E-state index contributed by atoms with van der Waals surface area (Å²) in [4.78, 5) is 0. The van der Waals surface area contributed by atoms with Gasteiger partial charge in [0.05, 0.1) is 12.7 Å². The van der Waals surface area contributed by atoms with Crippen LogP contribution in [0.5, 0.6) is 5.75 Å². The number of aliphatic hydroxyl groups excluding tert-OH is 1. The van der Waals surface area contributed by atoms with Crippen LogP contribution in [0.1, 0.15) is 18.9 Å². The third-order valence-electron chi connectivity index (χ3n) is 2.20. The molecule has 0 bridgehead atoms. The van der Waals surface area contributed by atoms with E-state index < -0.39 is 0 Å². The number of hydrogen-bond acceptors (Lipinski definition) is 3. The maximum Gasteiger partial charge on any atom is 0.125 e. The Labute approximate surface area is 90.6 Å². The molecule has 1 rings (SSSR count). The lowest BCUT2D eigenvalue weighted by Gasteiger charge is -2.16. The Morgan fingerprint density at radius 3 is 2.73 bits per heavy atom. The van der Waals surface area contributed by atoms with E-state index in [0.717, 1.165) is 17.7 Å². The zero-order valence-electron chi connectivity index (χ0n) is 9.27. The van der Waals surface area contributed by atoms with Gasteiger partial charge in [0.2, 0.25) is 0 Å². The fourth-order valence-electron chi connectivity index (χ4n) is 1.31.